The van der Waals surface area contributed by atoms with Gasteiger partial charge in [0.1, 0.15) is 11.5 Å². The van der Waals surface area contributed by atoms with Crippen LogP contribution in [0.25, 0.3) is 0 Å². The number of benzene rings is 1. The van der Waals surface area contributed by atoms with Gasteiger partial charge < -0.3 is 9.84 Å². The molecule has 0 radical (unpaired) electrons. The number of hydrogen-bond donors (Lipinski definition) is 1. The van der Waals surface area contributed by atoms with Gasteiger partial charge in [0.25, 0.3) is 0 Å². The van der Waals surface area contributed by atoms with E-state index in [0.717, 1.165) is 0 Å². The van der Waals surface area contributed by atoms with Gasteiger partial charge in [-0.25, -0.2) is 4.79 Å². The van der Waals surface area contributed by atoms with Crippen LogP contribution in [0.1, 0.15) is 37.9 Å². The lowest BCUT2D eigenvalue weighted by atomic mass is 9.96. The van der Waals surface area contributed by atoms with Crippen molar-refractivity contribution >= 4 is 12.1 Å². The Bertz CT molecular complexity index is 667. The third-order valence-electron chi connectivity index (χ3n) is 3.05. The Hall–Kier alpha value is -2.56. The SMILES string of the molecule is CC(C)(C)OC(=O)n1cccc1C(C(=O)O)c1ccccc1. The van der Waals surface area contributed by atoms with E-state index in [1.165, 1.54) is 10.8 Å². The minimum atomic E-state index is -1.02. The molecule has 0 saturated carbocycles. The molecule has 1 heterocycles. The predicted molar refractivity (Wildman–Crippen MR) is 82.0 cm³/mol. The van der Waals surface area contributed by atoms with Gasteiger partial charge in [-0.1, -0.05) is 30.3 Å². The largest absolute Gasteiger partial charge is 0.480 e. The van der Waals surface area contributed by atoms with Crippen LogP contribution in [0.5, 0.6) is 0 Å². The van der Waals surface area contributed by atoms with Crippen molar-refractivity contribution < 1.29 is 19.4 Å². The Labute approximate surface area is 129 Å². The van der Waals surface area contributed by atoms with Crippen LogP contribution in [0.15, 0.2) is 48.7 Å². The molecule has 2 rings (SSSR count). The van der Waals surface area contributed by atoms with E-state index in [1.54, 1.807) is 57.2 Å². The summed E-state index contributed by atoms with van der Waals surface area (Å²) in [4.78, 5) is 23.9. The van der Waals surface area contributed by atoms with Gasteiger partial charge in [-0.15, -0.1) is 0 Å². The molecule has 5 nitrogen and oxygen atoms in total. The van der Waals surface area contributed by atoms with Gasteiger partial charge in [-0.3, -0.25) is 9.36 Å². The van der Waals surface area contributed by atoms with Crippen molar-refractivity contribution in [2.45, 2.75) is 32.3 Å². The van der Waals surface area contributed by atoms with E-state index in [-0.39, 0.29) is 0 Å². The second kappa shape index (κ2) is 6.05. The highest BCUT2D eigenvalue weighted by atomic mass is 16.6. The topological polar surface area (TPSA) is 68.5 Å². The first-order chi connectivity index (χ1) is 10.3. The van der Waals surface area contributed by atoms with Gasteiger partial charge in [0.05, 0.1) is 0 Å². The smallest absolute Gasteiger partial charge is 0.418 e. The molecular formula is C17H19NO4. The number of nitrogens with zero attached hydrogens (tertiary/aromatic N) is 1. The van der Waals surface area contributed by atoms with Crippen LogP contribution < -0.4 is 0 Å². The quantitative estimate of drug-likeness (QED) is 0.942. The summed E-state index contributed by atoms with van der Waals surface area (Å²) >= 11 is 0. The van der Waals surface area contributed by atoms with E-state index in [1.807, 2.05) is 6.07 Å². The van der Waals surface area contributed by atoms with Gasteiger partial charge in [0.15, 0.2) is 0 Å². The predicted octanol–water partition coefficient (Wildman–Crippen LogP) is 3.49. The van der Waals surface area contributed by atoms with E-state index in [4.69, 9.17) is 4.74 Å². The molecule has 0 saturated heterocycles. The molecule has 2 aromatic rings. The maximum Gasteiger partial charge on any atom is 0.418 e. The second-order valence-corrected chi connectivity index (χ2v) is 5.97. The normalized spacial score (nSPS) is 12.7. The molecule has 0 fully saturated rings. The van der Waals surface area contributed by atoms with Gasteiger partial charge in [-0.2, -0.15) is 0 Å². The summed E-state index contributed by atoms with van der Waals surface area (Å²) in [6.45, 7) is 5.29. The monoisotopic (exact) mass is 301 g/mol. The summed E-state index contributed by atoms with van der Waals surface area (Å²) in [5.41, 5.74) is 0.329. The van der Waals surface area contributed by atoms with Crippen LogP contribution in [0.4, 0.5) is 4.79 Å². The molecule has 1 unspecified atom stereocenters. The summed E-state index contributed by atoms with van der Waals surface area (Å²) in [6, 6.07) is 12.1. The fourth-order valence-electron chi connectivity index (χ4n) is 2.19. The van der Waals surface area contributed by atoms with Crippen LogP contribution in [-0.4, -0.2) is 27.3 Å². The zero-order valence-electron chi connectivity index (χ0n) is 12.8. The molecule has 1 aromatic carbocycles. The minimum Gasteiger partial charge on any atom is -0.480 e. The zero-order valence-corrected chi connectivity index (χ0v) is 12.8. The molecule has 1 N–H and O–H groups in total. The zero-order chi connectivity index (χ0) is 16.3. The molecule has 5 heteroatoms. The van der Waals surface area contributed by atoms with Crippen LogP contribution in [-0.2, 0) is 9.53 Å². The number of carbonyl (C=O) groups excluding carboxylic acids is 1. The molecule has 116 valence electrons. The van der Waals surface area contributed by atoms with Gasteiger partial charge in [-0.05, 0) is 38.5 Å². The van der Waals surface area contributed by atoms with Crippen molar-refractivity contribution in [3.05, 3.63) is 59.9 Å². The number of aliphatic carboxylic acids is 1. The third kappa shape index (κ3) is 3.55. The number of rotatable bonds is 3. The molecular weight excluding hydrogens is 282 g/mol. The van der Waals surface area contributed by atoms with Crippen LogP contribution >= 0.6 is 0 Å². The average molecular weight is 301 g/mol. The molecule has 0 amide bonds. The number of carboxylic acids is 1. The molecule has 0 spiro atoms. The summed E-state index contributed by atoms with van der Waals surface area (Å²) in [5.74, 6) is -1.95. The molecule has 0 aliphatic heterocycles. The molecule has 22 heavy (non-hydrogen) atoms. The number of carboxylic acid groups (broad SMARTS) is 1. The Morgan fingerprint density at radius 1 is 1.09 bits per heavy atom. The summed E-state index contributed by atoms with van der Waals surface area (Å²) < 4.78 is 6.57. The number of hydrogen-bond acceptors (Lipinski definition) is 3. The third-order valence-corrected chi connectivity index (χ3v) is 3.05. The number of carbonyl (C=O) groups is 2. The molecule has 1 atom stereocenters. The van der Waals surface area contributed by atoms with Crippen molar-refractivity contribution in [1.29, 1.82) is 0 Å². The maximum atomic E-state index is 12.2. The Kier molecular flexibility index (Phi) is 4.35. The van der Waals surface area contributed by atoms with E-state index >= 15 is 0 Å². The van der Waals surface area contributed by atoms with E-state index < -0.39 is 23.6 Å². The number of ether oxygens (including phenoxy) is 1. The summed E-state index contributed by atoms with van der Waals surface area (Å²) in [5, 5.41) is 9.57. The summed E-state index contributed by atoms with van der Waals surface area (Å²) in [7, 11) is 0. The highest BCUT2D eigenvalue weighted by molar-refractivity contribution is 5.82. The van der Waals surface area contributed by atoms with E-state index in [0.29, 0.717) is 11.3 Å². The Morgan fingerprint density at radius 2 is 1.73 bits per heavy atom. The molecule has 0 bridgehead atoms. The van der Waals surface area contributed by atoms with Gasteiger partial charge in [0.2, 0.25) is 0 Å². The van der Waals surface area contributed by atoms with Gasteiger partial charge >= 0.3 is 12.1 Å². The van der Waals surface area contributed by atoms with Crippen molar-refractivity contribution in [3.63, 3.8) is 0 Å². The van der Waals surface area contributed by atoms with Crippen LogP contribution in [0, 0.1) is 0 Å². The van der Waals surface area contributed by atoms with Crippen molar-refractivity contribution in [2.24, 2.45) is 0 Å². The lowest BCUT2D eigenvalue weighted by molar-refractivity contribution is -0.137. The molecule has 1 aromatic heterocycles. The second-order valence-electron chi connectivity index (χ2n) is 5.97. The first kappa shape index (κ1) is 15.8. The van der Waals surface area contributed by atoms with Crippen LogP contribution in [0.3, 0.4) is 0 Å². The highest BCUT2D eigenvalue weighted by Crippen LogP contribution is 2.26. The van der Waals surface area contributed by atoms with Gasteiger partial charge in [0, 0.05) is 11.9 Å². The number of aromatic nitrogens is 1. The lowest BCUT2D eigenvalue weighted by Crippen LogP contribution is -2.29. The highest BCUT2D eigenvalue weighted by Gasteiger charge is 2.28. The summed E-state index contributed by atoms with van der Waals surface area (Å²) in [6.07, 6.45) is 0.928. The van der Waals surface area contributed by atoms with E-state index in [9.17, 15) is 14.7 Å². The first-order valence-electron chi connectivity index (χ1n) is 6.98. The lowest BCUT2D eigenvalue weighted by Gasteiger charge is -2.22. The fraction of sp³-hybridized carbons (Fsp3) is 0.294. The fourth-order valence-corrected chi connectivity index (χ4v) is 2.19. The average Bonchev–Trinajstić information content (AvgIpc) is 2.87. The van der Waals surface area contributed by atoms with Crippen molar-refractivity contribution in [2.75, 3.05) is 0 Å². The Balaban J connectivity index is 2.41. The maximum absolute atomic E-state index is 12.2. The molecule has 0 aliphatic rings. The first-order valence-corrected chi connectivity index (χ1v) is 6.98. The molecule has 0 aliphatic carbocycles. The van der Waals surface area contributed by atoms with Crippen molar-refractivity contribution in [1.82, 2.24) is 4.57 Å². The van der Waals surface area contributed by atoms with E-state index in [2.05, 4.69) is 0 Å². The standard InChI is InChI=1S/C17H19NO4/c1-17(2,3)22-16(21)18-11-7-10-13(18)14(15(19)20)12-8-5-4-6-9-12/h4-11,14H,1-3H3,(H,19,20). The minimum absolute atomic E-state index is 0.368. The van der Waals surface area contributed by atoms with Crippen molar-refractivity contribution in [3.8, 4) is 0 Å². The van der Waals surface area contributed by atoms with Crippen LogP contribution in [0.2, 0.25) is 0 Å². The Morgan fingerprint density at radius 3 is 2.27 bits per heavy atom.